The minimum absolute atomic E-state index is 0.0403. The van der Waals surface area contributed by atoms with Crippen LogP contribution in [-0.4, -0.2) is 60.6 Å². The Morgan fingerprint density at radius 3 is 2.22 bits per heavy atom. The topological polar surface area (TPSA) is 122 Å². The van der Waals surface area contributed by atoms with Crippen LogP contribution in [0.25, 0.3) is 10.8 Å². The zero-order valence-electron chi connectivity index (χ0n) is 15.2. The number of carboxylic acids is 2. The summed E-state index contributed by atoms with van der Waals surface area (Å²) in [5.74, 6) is 3.94. The number of carbonyl (C=O) groups is 2. The van der Waals surface area contributed by atoms with Crippen molar-refractivity contribution in [3.8, 4) is 5.75 Å². The minimum Gasteiger partial charge on any atom is -0.491 e. The van der Waals surface area contributed by atoms with Crippen molar-refractivity contribution >= 4 is 22.7 Å². The van der Waals surface area contributed by atoms with E-state index in [9.17, 15) is 9.59 Å². The number of fused-ring (bicyclic) bond motifs is 1. The standard InChI is InChI=1S/C15H20N2O2.C4H4O4/c1-17(16)10-15(18-2)11-19-14-8-7-12-5-3-4-6-13(12)9-14;5-3(6)1-2-4(7)8/h3-9,15H,10-11,16H2,1-2H3;1-2H,(H,5,6)(H,7,8)/b;2-1+. The van der Waals surface area contributed by atoms with Gasteiger partial charge in [0.2, 0.25) is 0 Å². The highest BCUT2D eigenvalue weighted by Crippen LogP contribution is 2.20. The molecule has 8 nitrogen and oxygen atoms in total. The molecule has 0 radical (unpaired) electrons. The molecule has 0 aromatic heterocycles. The first-order chi connectivity index (χ1) is 12.8. The van der Waals surface area contributed by atoms with Crippen LogP contribution in [0.2, 0.25) is 0 Å². The third kappa shape index (κ3) is 9.36. The lowest BCUT2D eigenvalue weighted by molar-refractivity contribution is -0.134. The summed E-state index contributed by atoms with van der Waals surface area (Å²) in [6.45, 7) is 1.11. The maximum absolute atomic E-state index is 9.55. The van der Waals surface area contributed by atoms with Gasteiger partial charge in [0.05, 0.1) is 0 Å². The molecule has 0 aliphatic carbocycles. The molecule has 0 saturated heterocycles. The zero-order valence-corrected chi connectivity index (χ0v) is 15.2. The summed E-state index contributed by atoms with van der Waals surface area (Å²) < 4.78 is 11.1. The highest BCUT2D eigenvalue weighted by molar-refractivity contribution is 5.89. The second-order valence-electron chi connectivity index (χ2n) is 5.63. The van der Waals surface area contributed by atoms with Crippen molar-refractivity contribution in [2.45, 2.75) is 6.10 Å². The van der Waals surface area contributed by atoms with Gasteiger partial charge in [-0.1, -0.05) is 30.3 Å². The van der Waals surface area contributed by atoms with Gasteiger partial charge in [-0.25, -0.2) is 14.6 Å². The van der Waals surface area contributed by atoms with Gasteiger partial charge < -0.3 is 19.7 Å². The van der Waals surface area contributed by atoms with E-state index in [2.05, 4.69) is 18.2 Å². The molecular weight excluding hydrogens is 352 g/mol. The summed E-state index contributed by atoms with van der Waals surface area (Å²) >= 11 is 0. The van der Waals surface area contributed by atoms with Gasteiger partial charge in [-0.2, -0.15) is 0 Å². The van der Waals surface area contributed by atoms with Crippen molar-refractivity contribution < 1.29 is 29.3 Å². The smallest absolute Gasteiger partial charge is 0.328 e. The van der Waals surface area contributed by atoms with E-state index in [0.29, 0.717) is 25.3 Å². The molecule has 0 saturated carbocycles. The number of nitrogens with zero attached hydrogens (tertiary/aromatic N) is 1. The van der Waals surface area contributed by atoms with Crippen LogP contribution in [0.15, 0.2) is 54.6 Å². The number of nitrogens with two attached hydrogens (primary N) is 1. The number of aliphatic carboxylic acids is 2. The monoisotopic (exact) mass is 376 g/mol. The minimum atomic E-state index is -1.26. The molecule has 0 heterocycles. The molecule has 1 unspecified atom stereocenters. The molecular formula is C19H24N2O6. The third-order valence-electron chi connectivity index (χ3n) is 3.35. The number of hydrazine groups is 1. The van der Waals surface area contributed by atoms with Crippen LogP contribution in [0.5, 0.6) is 5.75 Å². The largest absolute Gasteiger partial charge is 0.491 e. The fourth-order valence-electron chi connectivity index (χ4n) is 2.11. The lowest BCUT2D eigenvalue weighted by atomic mass is 10.1. The quantitative estimate of drug-likeness (QED) is 0.362. The van der Waals surface area contributed by atoms with Crippen molar-refractivity contribution in [2.24, 2.45) is 5.84 Å². The van der Waals surface area contributed by atoms with E-state index in [1.54, 1.807) is 12.1 Å². The first-order valence-corrected chi connectivity index (χ1v) is 8.06. The molecule has 1 atom stereocenters. The third-order valence-corrected chi connectivity index (χ3v) is 3.35. The average Bonchev–Trinajstić information content (AvgIpc) is 2.63. The first-order valence-electron chi connectivity index (χ1n) is 8.06. The Labute approximate surface area is 157 Å². The predicted octanol–water partition coefficient (Wildman–Crippen LogP) is 1.75. The van der Waals surface area contributed by atoms with Crippen LogP contribution < -0.4 is 10.6 Å². The van der Waals surface area contributed by atoms with Gasteiger partial charge in [0, 0.05) is 32.9 Å². The Balaban J connectivity index is 0.000000387. The lowest BCUT2D eigenvalue weighted by Gasteiger charge is -2.19. The molecule has 0 fully saturated rings. The van der Waals surface area contributed by atoms with Gasteiger partial charge in [-0.05, 0) is 22.9 Å². The normalized spacial score (nSPS) is 11.9. The van der Waals surface area contributed by atoms with Crippen LogP contribution in [0.1, 0.15) is 0 Å². The van der Waals surface area contributed by atoms with Crippen LogP contribution in [0.3, 0.4) is 0 Å². The van der Waals surface area contributed by atoms with Gasteiger partial charge >= 0.3 is 11.9 Å². The number of likely N-dealkylation sites (N-methyl/N-ethyl adjacent to an activating group) is 1. The Bertz CT molecular complexity index is 760. The Hall–Kier alpha value is -2.94. The Morgan fingerprint density at radius 1 is 1.11 bits per heavy atom. The number of hydrogen-bond acceptors (Lipinski definition) is 6. The van der Waals surface area contributed by atoms with E-state index < -0.39 is 11.9 Å². The Morgan fingerprint density at radius 2 is 1.70 bits per heavy atom. The number of rotatable bonds is 8. The SMILES string of the molecule is COC(COc1ccc2ccccc2c1)CN(C)N.O=C(O)/C=C/C(=O)O. The van der Waals surface area contributed by atoms with Crippen molar-refractivity contribution in [3.05, 3.63) is 54.6 Å². The number of methoxy groups -OCH3 is 1. The molecule has 0 bridgehead atoms. The molecule has 27 heavy (non-hydrogen) atoms. The van der Waals surface area contributed by atoms with Gasteiger partial charge in [0.1, 0.15) is 18.5 Å². The second-order valence-corrected chi connectivity index (χ2v) is 5.63. The molecule has 0 aliphatic heterocycles. The first kappa shape index (κ1) is 22.1. The molecule has 0 aliphatic rings. The van der Waals surface area contributed by atoms with E-state index in [-0.39, 0.29) is 6.10 Å². The van der Waals surface area contributed by atoms with E-state index in [1.807, 2.05) is 31.3 Å². The number of ether oxygens (including phenoxy) is 2. The summed E-state index contributed by atoms with van der Waals surface area (Å²) in [7, 11) is 3.47. The van der Waals surface area contributed by atoms with E-state index in [1.165, 1.54) is 10.8 Å². The molecule has 8 heteroatoms. The number of hydrogen-bond donors (Lipinski definition) is 3. The van der Waals surface area contributed by atoms with E-state index in [4.69, 9.17) is 25.5 Å². The van der Waals surface area contributed by atoms with Crippen molar-refractivity contribution in [1.82, 2.24) is 5.01 Å². The Kier molecular flexibility index (Phi) is 9.52. The molecule has 2 aromatic rings. The molecule has 2 aromatic carbocycles. The molecule has 0 amide bonds. The van der Waals surface area contributed by atoms with Gasteiger partial charge in [-0.15, -0.1) is 0 Å². The summed E-state index contributed by atoms with van der Waals surface area (Å²) in [5, 5.41) is 19.6. The highest BCUT2D eigenvalue weighted by Gasteiger charge is 2.10. The van der Waals surface area contributed by atoms with Crippen LogP contribution >= 0.6 is 0 Å². The molecule has 0 spiro atoms. The average molecular weight is 376 g/mol. The maximum atomic E-state index is 9.55. The fourth-order valence-corrected chi connectivity index (χ4v) is 2.11. The van der Waals surface area contributed by atoms with Crippen LogP contribution in [-0.2, 0) is 14.3 Å². The fraction of sp³-hybridized carbons (Fsp3) is 0.263. The van der Waals surface area contributed by atoms with E-state index >= 15 is 0 Å². The number of carboxylic acid groups (broad SMARTS) is 2. The van der Waals surface area contributed by atoms with Gasteiger partial charge in [0.25, 0.3) is 0 Å². The van der Waals surface area contributed by atoms with Crippen molar-refractivity contribution in [3.63, 3.8) is 0 Å². The summed E-state index contributed by atoms with van der Waals surface area (Å²) in [6.07, 6.45) is 1.08. The van der Waals surface area contributed by atoms with Crippen molar-refractivity contribution in [1.29, 1.82) is 0 Å². The summed E-state index contributed by atoms with van der Waals surface area (Å²) in [4.78, 5) is 19.1. The number of benzene rings is 2. The maximum Gasteiger partial charge on any atom is 0.328 e. The lowest BCUT2D eigenvalue weighted by Crippen LogP contribution is -2.38. The van der Waals surface area contributed by atoms with Gasteiger partial charge in [0.15, 0.2) is 0 Å². The summed E-state index contributed by atoms with van der Waals surface area (Å²) in [5.41, 5.74) is 0. The van der Waals surface area contributed by atoms with Crippen LogP contribution in [0, 0.1) is 0 Å². The molecule has 2 rings (SSSR count). The zero-order chi connectivity index (χ0) is 20.2. The molecule has 146 valence electrons. The van der Waals surface area contributed by atoms with Crippen molar-refractivity contribution in [2.75, 3.05) is 27.3 Å². The summed E-state index contributed by atoms with van der Waals surface area (Å²) in [6, 6.07) is 14.3. The van der Waals surface area contributed by atoms with E-state index in [0.717, 1.165) is 5.75 Å². The molecule has 4 N–H and O–H groups in total. The highest BCUT2D eigenvalue weighted by atomic mass is 16.5. The second kappa shape index (κ2) is 11.6. The van der Waals surface area contributed by atoms with Gasteiger partial charge in [-0.3, -0.25) is 5.84 Å². The predicted molar refractivity (Wildman–Crippen MR) is 101 cm³/mol. The van der Waals surface area contributed by atoms with Crippen LogP contribution in [0.4, 0.5) is 0 Å².